The Labute approximate surface area is 171 Å². The topological polar surface area (TPSA) is 79.8 Å². The number of nitrogens with one attached hydrogen (secondary N) is 2. The van der Waals surface area contributed by atoms with E-state index in [0.717, 1.165) is 0 Å². The number of hydrogen-bond acceptors (Lipinski definition) is 4. The molecule has 1 aromatic carbocycles. The number of aliphatic imine (C=N–C) groups is 1. The summed E-state index contributed by atoms with van der Waals surface area (Å²) in [5.41, 5.74) is 0.489. The number of ether oxygens (including phenoxy) is 1. The zero-order valence-electron chi connectivity index (χ0n) is 15.1. The first-order valence-electron chi connectivity index (χ1n) is 8.41. The molecule has 0 atom stereocenters. The molecule has 2 rings (SSSR count). The van der Waals surface area contributed by atoms with E-state index < -0.39 is 14.6 Å². The molecule has 2 N–H and O–H groups in total. The van der Waals surface area contributed by atoms with Crippen molar-refractivity contribution in [2.45, 2.75) is 31.1 Å². The van der Waals surface area contributed by atoms with Crippen molar-refractivity contribution < 1.29 is 17.5 Å². The molecule has 1 heterocycles. The Morgan fingerprint density at radius 2 is 1.92 bits per heavy atom. The number of hydrogen-bond donors (Lipinski definition) is 2. The molecule has 6 nitrogen and oxygen atoms in total. The van der Waals surface area contributed by atoms with Crippen LogP contribution in [0.25, 0.3) is 0 Å². The Hall–Kier alpha value is -0.940. The second kappa shape index (κ2) is 10.4. The smallest absolute Gasteiger partial charge is 0.191 e. The van der Waals surface area contributed by atoms with Crippen LogP contribution in [0.5, 0.6) is 0 Å². The monoisotopic (exact) mass is 499 g/mol. The number of guanidine groups is 1. The molecule has 0 radical (unpaired) electrons. The summed E-state index contributed by atoms with van der Waals surface area (Å²) in [6, 6.07) is 6.47. The number of sulfone groups is 1. The van der Waals surface area contributed by atoms with Gasteiger partial charge >= 0.3 is 0 Å². The third-order valence-electron chi connectivity index (χ3n) is 4.48. The van der Waals surface area contributed by atoms with Crippen LogP contribution in [0.2, 0.25) is 0 Å². The fourth-order valence-corrected chi connectivity index (χ4v) is 4.04. The Morgan fingerprint density at radius 1 is 1.27 bits per heavy atom. The summed E-state index contributed by atoms with van der Waals surface area (Å²) in [6.45, 7) is 3.82. The van der Waals surface area contributed by atoms with Crippen LogP contribution in [-0.4, -0.2) is 51.7 Å². The van der Waals surface area contributed by atoms with Gasteiger partial charge < -0.3 is 15.4 Å². The lowest BCUT2D eigenvalue weighted by atomic mass is 9.99. The fraction of sp³-hybridized carbons (Fsp3) is 0.588. The molecule has 148 valence electrons. The maximum absolute atomic E-state index is 13.7. The second-order valence-corrected chi connectivity index (χ2v) is 8.62. The van der Waals surface area contributed by atoms with Gasteiger partial charge in [-0.3, -0.25) is 0 Å². The predicted octanol–water partition coefficient (Wildman–Crippen LogP) is 2.09. The van der Waals surface area contributed by atoms with Crippen LogP contribution in [0.4, 0.5) is 4.39 Å². The molecule has 9 heteroatoms. The number of halogens is 2. The highest BCUT2D eigenvalue weighted by molar-refractivity contribution is 14.0. The van der Waals surface area contributed by atoms with Crippen LogP contribution in [0.1, 0.15) is 25.3 Å². The lowest BCUT2D eigenvalue weighted by Crippen LogP contribution is -2.53. The first kappa shape index (κ1) is 23.1. The first-order chi connectivity index (χ1) is 11.9. The van der Waals surface area contributed by atoms with Crippen molar-refractivity contribution in [3.8, 4) is 0 Å². The van der Waals surface area contributed by atoms with E-state index in [-0.39, 0.29) is 42.9 Å². The van der Waals surface area contributed by atoms with Crippen LogP contribution in [0.3, 0.4) is 0 Å². The first-order valence-corrected chi connectivity index (χ1v) is 10.3. The summed E-state index contributed by atoms with van der Waals surface area (Å²) in [6.07, 6.45) is 2.17. The van der Waals surface area contributed by atoms with Gasteiger partial charge in [0.05, 0.1) is 11.3 Å². The van der Waals surface area contributed by atoms with Crippen LogP contribution in [-0.2, 0) is 21.1 Å². The van der Waals surface area contributed by atoms with E-state index >= 15 is 0 Å². The predicted molar refractivity (Wildman–Crippen MR) is 112 cm³/mol. The van der Waals surface area contributed by atoms with E-state index in [1.165, 1.54) is 12.3 Å². The Balaban J connectivity index is 0.00000338. The molecule has 26 heavy (non-hydrogen) atoms. The third-order valence-corrected chi connectivity index (χ3v) is 6.60. The van der Waals surface area contributed by atoms with Crippen molar-refractivity contribution in [3.05, 3.63) is 35.6 Å². The minimum atomic E-state index is -3.26. The van der Waals surface area contributed by atoms with Crippen molar-refractivity contribution in [2.75, 3.05) is 32.6 Å². The maximum Gasteiger partial charge on any atom is 0.191 e. The van der Waals surface area contributed by atoms with Crippen molar-refractivity contribution in [3.63, 3.8) is 0 Å². The molecule has 1 aliphatic rings. The third kappa shape index (κ3) is 6.05. The van der Waals surface area contributed by atoms with Crippen LogP contribution >= 0.6 is 24.0 Å². The van der Waals surface area contributed by atoms with E-state index in [4.69, 9.17) is 4.74 Å². The summed E-state index contributed by atoms with van der Waals surface area (Å²) in [4.78, 5) is 4.37. The molecule has 1 aliphatic heterocycles. The van der Waals surface area contributed by atoms with Gasteiger partial charge in [0.2, 0.25) is 0 Å². The summed E-state index contributed by atoms with van der Waals surface area (Å²) in [5.74, 6) is 0.166. The summed E-state index contributed by atoms with van der Waals surface area (Å²) < 4.78 is 42.8. The van der Waals surface area contributed by atoms with Gasteiger partial charge in [-0.25, -0.2) is 17.8 Å². The SMILES string of the molecule is CCNC(=NCc1ccccc1F)NCC1(S(C)(=O)=O)CCOCC1.I. The van der Waals surface area contributed by atoms with Crippen molar-refractivity contribution in [1.29, 1.82) is 0 Å². The van der Waals surface area contributed by atoms with Gasteiger partial charge in [0.15, 0.2) is 15.8 Å². The molecule has 0 amide bonds. The van der Waals surface area contributed by atoms with Gasteiger partial charge in [-0.1, -0.05) is 18.2 Å². The molecule has 0 aromatic heterocycles. The number of nitrogens with zero attached hydrogens (tertiary/aromatic N) is 1. The molecule has 1 aromatic rings. The van der Waals surface area contributed by atoms with E-state index in [2.05, 4.69) is 15.6 Å². The zero-order valence-corrected chi connectivity index (χ0v) is 18.3. The summed E-state index contributed by atoms with van der Waals surface area (Å²) >= 11 is 0. The van der Waals surface area contributed by atoms with Crippen LogP contribution < -0.4 is 10.6 Å². The van der Waals surface area contributed by atoms with Gasteiger partial charge in [-0.2, -0.15) is 0 Å². The van der Waals surface area contributed by atoms with Crippen LogP contribution in [0.15, 0.2) is 29.3 Å². The Bertz CT molecular complexity index is 707. The van der Waals surface area contributed by atoms with E-state index in [9.17, 15) is 12.8 Å². The zero-order chi connectivity index (χ0) is 18.3. The largest absolute Gasteiger partial charge is 0.381 e. The highest BCUT2D eigenvalue weighted by Gasteiger charge is 2.42. The quantitative estimate of drug-likeness (QED) is 0.356. The molecule has 0 saturated carbocycles. The summed E-state index contributed by atoms with van der Waals surface area (Å²) in [5, 5.41) is 6.18. The highest BCUT2D eigenvalue weighted by Crippen LogP contribution is 2.28. The lowest BCUT2D eigenvalue weighted by Gasteiger charge is -2.35. The van der Waals surface area contributed by atoms with E-state index in [0.29, 0.717) is 44.1 Å². The lowest BCUT2D eigenvalue weighted by molar-refractivity contribution is 0.0756. The molecule has 0 aliphatic carbocycles. The van der Waals surface area contributed by atoms with Gasteiger partial charge in [0.1, 0.15) is 5.82 Å². The van der Waals surface area contributed by atoms with E-state index in [1.807, 2.05) is 6.92 Å². The van der Waals surface area contributed by atoms with Gasteiger partial charge in [-0.15, -0.1) is 24.0 Å². The second-order valence-electron chi connectivity index (χ2n) is 6.21. The Kier molecular flexibility index (Phi) is 9.25. The number of benzene rings is 1. The Morgan fingerprint density at radius 3 is 2.50 bits per heavy atom. The molecular weight excluding hydrogens is 472 g/mol. The molecule has 0 bridgehead atoms. The average Bonchev–Trinajstić information content (AvgIpc) is 2.58. The normalized spacial score (nSPS) is 17.3. The average molecular weight is 499 g/mol. The molecule has 1 fully saturated rings. The fourth-order valence-electron chi connectivity index (χ4n) is 2.80. The van der Waals surface area contributed by atoms with Gasteiger partial charge in [0.25, 0.3) is 0 Å². The van der Waals surface area contributed by atoms with Crippen molar-refractivity contribution >= 4 is 39.8 Å². The van der Waals surface area contributed by atoms with Gasteiger partial charge in [0, 0.05) is 38.1 Å². The van der Waals surface area contributed by atoms with Crippen LogP contribution in [0, 0.1) is 5.82 Å². The minimum absolute atomic E-state index is 0. The summed E-state index contributed by atoms with van der Waals surface area (Å²) in [7, 11) is -3.26. The highest BCUT2D eigenvalue weighted by atomic mass is 127. The minimum Gasteiger partial charge on any atom is -0.381 e. The molecule has 0 spiro atoms. The van der Waals surface area contributed by atoms with E-state index in [1.54, 1.807) is 18.2 Å². The van der Waals surface area contributed by atoms with Crippen molar-refractivity contribution in [1.82, 2.24) is 10.6 Å². The molecular formula is C17H27FIN3O3S. The number of rotatable bonds is 6. The maximum atomic E-state index is 13.7. The molecule has 0 unspecified atom stereocenters. The van der Waals surface area contributed by atoms with Gasteiger partial charge in [-0.05, 0) is 25.8 Å². The standard InChI is InChI=1S/C17H26FN3O3S.HI/c1-3-19-16(20-12-14-6-4-5-7-15(14)18)21-13-17(25(2,22)23)8-10-24-11-9-17;/h4-7H,3,8-13H2,1-2H3,(H2,19,20,21);1H. The molecule has 1 saturated heterocycles. The van der Waals surface area contributed by atoms with Crippen molar-refractivity contribution in [2.24, 2.45) is 4.99 Å².